The van der Waals surface area contributed by atoms with Gasteiger partial charge < -0.3 is 15.0 Å². The van der Waals surface area contributed by atoms with Crippen LogP contribution in [-0.4, -0.2) is 44.3 Å². The average molecular weight is 491 g/mol. The average Bonchev–Trinajstić information content (AvgIpc) is 2.52. The molecule has 0 radical (unpaired) electrons. The van der Waals surface area contributed by atoms with Gasteiger partial charge in [-0.05, 0) is 37.5 Å². The Balaban J connectivity index is 0.00000625. The number of ether oxygens (including phenoxy) is 1. The molecule has 4 nitrogen and oxygen atoms in total. The number of hydrogen-bond donors (Lipinski definition) is 1. The van der Waals surface area contributed by atoms with Crippen LogP contribution in [-0.2, 0) is 6.54 Å². The molecule has 150 valence electrons. The standard InChI is InChI=1S/C17H25F4N3O.HI/c1-4-22-16(23-10-6-5-9-17(19,20)21)24(2)12-13-7-8-15(25-3)14(18)11-13;/h7-8,11H,4-6,9-10,12H2,1-3H3,(H,22,23);1H. The number of alkyl halides is 3. The number of unbranched alkanes of at least 4 members (excludes halogenated alkanes) is 1. The lowest BCUT2D eigenvalue weighted by atomic mass is 10.2. The van der Waals surface area contributed by atoms with Crippen molar-refractivity contribution in [2.45, 2.75) is 38.9 Å². The van der Waals surface area contributed by atoms with Crippen molar-refractivity contribution in [2.75, 3.05) is 27.2 Å². The number of aliphatic imine (C=N–C) groups is 1. The topological polar surface area (TPSA) is 36.9 Å². The van der Waals surface area contributed by atoms with Crippen LogP contribution in [0.3, 0.4) is 0 Å². The minimum atomic E-state index is -4.12. The SMILES string of the molecule is CCNC(=NCCCCC(F)(F)F)N(C)Cc1ccc(OC)c(F)c1.I. The highest BCUT2D eigenvalue weighted by Crippen LogP contribution is 2.22. The van der Waals surface area contributed by atoms with Crippen LogP contribution in [0.2, 0.25) is 0 Å². The molecule has 1 N–H and O–H groups in total. The van der Waals surface area contributed by atoms with E-state index in [4.69, 9.17) is 4.74 Å². The zero-order valence-corrected chi connectivity index (χ0v) is 17.5. The first kappa shape index (κ1) is 24.7. The maximum Gasteiger partial charge on any atom is 0.389 e. The van der Waals surface area contributed by atoms with Crippen molar-refractivity contribution < 1.29 is 22.3 Å². The molecule has 0 bridgehead atoms. The Labute approximate surface area is 169 Å². The molecule has 9 heteroatoms. The van der Waals surface area contributed by atoms with Gasteiger partial charge in [0.2, 0.25) is 0 Å². The number of hydrogen-bond acceptors (Lipinski definition) is 2. The van der Waals surface area contributed by atoms with E-state index >= 15 is 0 Å². The lowest BCUT2D eigenvalue weighted by molar-refractivity contribution is -0.135. The predicted octanol–water partition coefficient (Wildman–Crippen LogP) is 4.58. The third kappa shape index (κ3) is 9.44. The molecule has 0 spiro atoms. The molecule has 0 aliphatic carbocycles. The first-order chi connectivity index (χ1) is 11.8. The summed E-state index contributed by atoms with van der Waals surface area (Å²) < 4.78 is 55.0. The normalized spacial score (nSPS) is 11.7. The second kappa shape index (κ2) is 12.2. The zero-order valence-electron chi connectivity index (χ0n) is 15.2. The highest BCUT2D eigenvalue weighted by Gasteiger charge is 2.25. The van der Waals surface area contributed by atoms with Gasteiger partial charge in [-0.25, -0.2) is 4.39 Å². The van der Waals surface area contributed by atoms with Gasteiger partial charge in [0.25, 0.3) is 0 Å². The van der Waals surface area contributed by atoms with E-state index in [2.05, 4.69) is 10.3 Å². The number of benzene rings is 1. The van der Waals surface area contributed by atoms with E-state index in [1.165, 1.54) is 13.2 Å². The minimum Gasteiger partial charge on any atom is -0.494 e. The number of nitrogens with zero attached hydrogens (tertiary/aromatic N) is 2. The number of guanidine groups is 1. The van der Waals surface area contributed by atoms with Crippen molar-refractivity contribution in [3.63, 3.8) is 0 Å². The summed E-state index contributed by atoms with van der Waals surface area (Å²) >= 11 is 0. The van der Waals surface area contributed by atoms with Crippen molar-refractivity contribution in [3.05, 3.63) is 29.6 Å². The van der Waals surface area contributed by atoms with Crippen molar-refractivity contribution >= 4 is 29.9 Å². The minimum absolute atomic E-state index is 0. The third-order valence-corrected chi connectivity index (χ3v) is 3.46. The summed E-state index contributed by atoms with van der Waals surface area (Å²) in [6.07, 6.45) is -4.50. The summed E-state index contributed by atoms with van der Waals surface area (Å²) in [4.78, 5) is 6.13. The molecule has 26 heavy (non-hydrogen) atoms. The van der Waals surface area contributed by atoms with Gasteiger partial charge in [-0.1, -0.05) is 6.07 Å². The van der Waals surface area contributed by atoms with Gasteiger partial charge in [-0.2, -0.15) is 13.2 Å². The van der Waals surface area contributed by atoms with E-state index in [-0.39, 0.29) is 36.1 Å². The van der Waals surface area contributed by atoms with Gasteiger partial charge in [0.05, 0.1) is 7.11 Å². The Kier molecular flexibility index (Phi) is 11.6. The van der Waals surface area contributed by atoms with Crippen LogP contribution in [0, 0.1) is 5.82 Å². The first-order valence-electron chi connectivity index (χ1n) is 8.15. The molecule has 0 aliphatic heterocycles. The van der Waals surface area contributed by atoms with Crippen LogP contribution in [0.1, 0.15) is 31.7 Å². The largest absolute Gasteiger partial charge is 0.494 e. The quantitative estimate of drug-likeness (QED) is 0.190. The zero-order chi connectivity index (χ0) is 18.9. The molecule has 1 aromatic rings. The lowest BCUT2D eigenvalue weighted by Crippen LogP contribution is -2.38. The van der Waals surface area contributed by atoms with E-state index in [1.807, 2.05) is 6.92 Å². The fourth-order valence-corrected chi connectivity index (χ4v) is 2.25. The van der Waals surface area contributed by atoms with E-state index < -0.39 is 18.4 Å². The fourth-order valence-electron chi connectivity index (χ4n) is 2.25. The molecule has 1 rings (SSSR count). The van der Waals surface area contributed by atoms with Gasteiger partial charge in [-0.3, -0.25) is 4.99 Å². The third-order valence-electron chi connectivity index (χ3n) is 3.46. The summed E-state index contributed by atoms with van der Waals surface area (Å²) in [6.45, 7) is 3.25. The maximum absolute atomic E-state index is 13.8. The summed E-state index contributed by atoms with van der Waals surface area (Å²) in [7, 11) is 3.19. The summed E-state index contributed by atoms with van der Waals surface area (Å²) in [5.74, 6) is 0.310. The van der Waals surface area contributed by atoms with Crippen molar-refractivity contribution in [1.82, 2.24) is 10.2 Å². The summed E-state index contributed by atoms with van der Waals surface area (Å²) in [5.41, 5.74) is 0.739. The molecule has 0 atom stereocenters. The van der Waals surface area contributed by atoms with E-state index in [9.17, 15) is 17.6 Å². The lowest BCUT2D eigenvalue weighted by Gasteiger charge is -2.22. The number of halogens is 5. The first-order valence-corrected chi connectivity index (χ1v) is 8.15. The summed E-state index contributed by atoms with van der Waals surface area (Å²) in [6, 6.07) is 4.70. The molecule has 0 amide bonds. The number of nitrogens with one attached hydrogen (secondary N) is 1. The second-order valence-corrected chi connectivity index (χ2v) is 5.63. The Hall–Kier alpha value is -1.26. The van der Waals surface area contributed by atoms with Gasteiger partial charge in [-0.15, -0.1) is 24.0 Å². The Morgan fingerprint density at radius 3 is 2.50 bits per heavy atom. The Bertz CT molecular complexity index is 567. The van der Waals surface area contributed by atoms with Gasteiger partial charge >= 0.3 is 6.18 Å². The number of methoxy groups -OCH3 is 1. The maximum atomic E-state index is 13.8. The molecule has 0 aromatic heterocycles. The molecular formula is C17H26F4IN3O. The smallest absolute Gasteiger partial charge is 0.389 e. The molecule has 0 aliphatic rings. The number of rotatable bonds is 8. The molecule has 0 unspecified atom stereocenters. The molecule has 0 fully saturated rings. The predicted molar refractivity (Wildman–Crippen MR) is 106 cm³/mol. The van der Waals surface area contributed by atoms with Crippen molar-refractivity contribution in [3.8, 4) is 5.75 Å². The molecule has 0 saturated carbocycles. The Morgan fingerprint density at radius 1 is 1.27 bits per heavy atom. The van der Waals surface area contributed by atoms with Crippen molar-refractivity contribution in [1.29, 1.82) is 0 Å². The molecule has 0 heterocycles. The monoisotopic (exact) mass is 491 g/mol. The molecule has 1 aromatic carbocycles. The van der Waals surface area contributed by atoms with Gasteiger partial charge in [0.1, 0.15) is 0 Å². The van der Waals surface area contributed by atoms with Crippen LogP contribution in [0.25, 0.3) is 0 Å². The molecule has 0 saturated heterocycles. The summed E-state index contributed by atoms with van der Waals surface area (Å²) in [5, 5.41) is 3.08. The van der Waals surface area contributed by atoms with Crippen LogP contribution < -0.4 is 10.1 Å². The van der Waals surface area contributed by atoms with Crippen LogP contribution in [0.5, 0.6) is 5.75 Å². The highest BCUT2D eigenvalue weighted by molar-refractivity contribution is 14.0. The fraction of sp³-hybridized carbons (Fsp3) is 0.588. The Morgan fingerprint density at radius 2 is 1.96 bits per heavy atom. The van der Waals surface area contributed by atoms with Gasteiger partial charge in [0, 0.05) is 33.1 Å². The van der Waals surface area contributed by atoms with E-state index in [0.29, 0.717) is 32.0 Å². The van der Waals surface area contributed by atoms with Crippen molar-refractivity contribution in [2.24, 2.45) is 4.99 Å². The van der Waals surface area contributed by atoms with E-state index in [0.717, 1.165) is 5.56 Å². The van der Waals surface area contributed by atoms with Gasteiger partial charge in [0.15, 0.2) is 17.5 Å². The van der Waals surface area contributed by atoms with Crippen LogP contribution in [0.4, 0.5) is 17.6 Å². The van der Waals surface area contributed by atoms with Crippen LogP contribution >= 0.6 is 24.0 Å². The molecular weight excluding hydrogens is 465 g/mol. The van der Waals surface area contributed by atoms with E-state index in [1.54, 1.807) is 24.1 Å². The van der Waals surface area contributed by atoms with Crippen LogP contribution in [0.15, 0.2) is 23.2 Å². The highest BCUT2D eigenvalue weighted by atomic mass is 127. The second-order valence-electron chi connectivity index (χ2n) is 5.63.